The van der Waals surface area contributed by atoms with Crippen molar-refractivity contribution in [3.8, 4) is 11.5 Å². The molecule has 2 aromatic carbocycles. The third kappa shape index (κ3) is 4.24. The Kier molecular flexibility index (Phi) is 5.41. The molecule has 1 N–H and O–H groups in total. The molecule has 28 heavy (non-hydrogen) atoms. The van der Waals surface area contributed by atoms with E-state index in [0.717, 1.165) is 11.1 Å². The number of halogens is 2. The third-order valence-electron chi connectivity index (χ3n) is 4.29. The van der Waals surface area contributed by atoms with Gasteiger partial charge in [-0.1, -0.05) is 35.3 Å². The van der Waals surface area contributed by atoms with Gasteiger partial charge in [0.15, 0.2) is 11.5 Å². The Balaban J connectivity index is 1.43. The van der Waals surface area contributed by atoms with Crippen LogP contribution in [0.2, 0.25) is 10.0 Å². The van der Waals surface area contributed by atoms with Gasteiger partial charge < -0.3 is 14.8 Å². The van der Waals surface area contributed by atoms with Crippen LogP contribution in [0.25, 0.3) is 0 Å². The maximum Gasteiger partial charge on any atom is 0.229 e. The number of carbonyl (C=O) groups is 1. The third-order valence-corrected chi connectivity index (χ3v) is 4.88. The van der Waals surface area contributed by atoms with Crippen molar-refractivity contribution < 1.29 is 14.3 Å². The number of ether oxygens (including phenoxy) is 2. The van der Waals surface area contributed by atoms with E-state index in [4.69, 9.17) is 32.7 Å². The van der Waals surface area contributed by atoms with Crippen LogP contribution in [0.15, 0.2) is 48.7 Å². The molecule has 3 aromatic rings. The van der Waals surface area contributed by atoms with Gasteiger partial charge >= 0.3 is 0 Å². The number of amides is 1. The van der Waals surface area contributed by atoms with Crippen LogP contribution < -0.4 is 14.8 Å². The number of fused-ring (bicyclic) bond motifs is 1. The standard InChI is InChI=1S/C20H17Cl2N3O3/c21-15-3-2-14(16(22)11-15)12-25-19(5-6-23-25)24-20(26)10-13-1-4-17-18(9-13)28-8-7-27-17/h1-6,9,11H,7-8,10,12H2,(H,24,26). The quantitative estimate of drug-likeness (QED) is 0.675. The first-order valence-electron chi connectivity index (χ1n) is 8.72. The van der Waals surface area contributed by atoms with E-state index < -0.39 is 0 Å². The highest BCUT2D eigenvalue weighted by Gasteiger charge is 2.14. The molecule has 0 fully saturated rings. The molecular formula is C20H17Cl2N3O3. The minimum absolute atomic E-state index is 0.152. The zero-order chi connectivity index (χ0) is 19.5. The molecule has 1 aliphatic heterocycles. The Morgan fingerprint density at radius 2 is 1.89 bits per heavy atom. The van der Waals surface area contributed by atoms with Crippen LogP contribution in [0.3, 0.4) is 0 Å². The van der Waals surface area contributed by atoms with E-state index in [9.17, 15) is 4.79 Å². The van der Waals surface area contributed by atoms with Crippen molar-refractivity contribution in [3.05, 3.63) is 69.8 Å². The van der Waals surface area contributed by atoms with Crippen molar-refractivity contribution in [1.29, 1.82) is 0 Å². The van der Waals surface area contributed by atoms with Gasteiger partial charge in [-0.3, -0.25) is 4.79 Å². The molecule has 8 heteroatoms. The molecule has 2 heterocycles. The number of carbonyl (C=O) groups excluding carboxylic acids is 1. The van der Waals surface area contributed by atoms with Crippen molar-refractivity contribution >= 4 is 34.9 Å². The Morgan fingerprint density at radius 1 is 1.07 bits per heavy atom. The number of nitrogens with one attached hydrogen (secondary N) is 1. The van der Waals surface area contributed by atoms with E-state index in [1.54, 1.807) is 29.1 Å². The Hall–Kier alpha value is -2.70. The van der Waals surface area contributed by atoms with Gasteiger partial charge in [0.1, 0.15) is 19.0 Å². The normalized spacial score (nSPS) is 12.6. The van der Waals surface area contributed by atoms with E-state index >= 15 is 0 Å². The first-order valence-corrected chi connectivity index (χ1v) is 9.48. The first kappa shape index (κ1) is 18.7. The molecule has 0 unspecified atom stereocenters. The lowest BCUT2D eigenvalue weighted by atomic mass is 10.1. The van der Waals surface area contributed by atoms with Gasteiger partial charge in [0.05, 0.1) is 19.2 Å². The van der Waals surface area contributed by atoms with E-state index in [1.165, 1.54) is 0 Å². The second-order valence-corrected chi connectivity index (χ2v) is 7.16. The fourth-order valence-electron chi connectivity index (χ4n) is 2.95. The van der Waals surface area contributed by atoms with Crippen molar-refractivity contribution in [2.24, 2.45) is 0 Å². The molecule has 0 saturated carbocycles. The summed E-state index contributed by atoms with van der Waals surface area (Å²) in [6, 6.07) is 12.5. The van der Waals surface area contributed by atoms with E-state index in [0.29, 0.717) is 47.1 Å². The summed E-state index contributed by atoms with van der Waals surface area (Å²) in [7, 11) is 0. The van der Waals surface area contributed by atoms with Crippen molar-refractivity contribution in [1.82, 2.24) is 9.78 Å². The predicted octanol–water partition coefficient (Wildman–Crippen LogP) is 4.19. The van der Waals surface area contributed by atoms with Gasteiger partial charge in [-0.15, -0.1) is 0 Å². The summed E-state index contributed by atoms with van der Waals surface area (Å²) in [6.45, 7) is 1.46. The molecule has 0 radical (unpaired) electrons. The molecule has 144 valence electrons. The summed E-state index contributed by atoms with van der Waals surface area (Å²) in [5, 5.41) is 8.28. The molecule has 0 aliphatic carbocycles. The van der Waals surface area contributed by atoms with Gasteiger partial charge in [-0.05, 0) is 35.4 Å². The topological polar surface area (TPSA) is 65.4 Å². The van der Waals surface area contributed by atoms with Crippen molar-refractivity contribution in [3.63, 3.8) is 0 Å². The van der Waals surface area contributed by atoms with Crippen molar-refractivity contribution in [2.45, 2.75) is 13.0 Å². The summed E-state index contributed by atoms with van der Waals surface area (Å²) >= 11 is 12.2. The van der Waals surface area contributed by atoms with Gasteiger partial charge in [-0.25, -0.2) is 4.68 Å². The Labute approximate surface area is 172 Å². The lowest BCUT2D eigenvalue weighted by Crippen LogP contribution is -2.19. The van der Waals surface area contributed by atoms with Crippen LogP contribution in [-0.4, -0.2) is 28.9 Å². The molecule has 4 rings (SSSR count). The van der Waals surface area contributed by atoms with Gasteiger partial charge in [0, 0.05) is 16.1 Å². The summed E-state index contributed by atoms with van der Waals surface area (Å²) in [5.74, 6) is 1.81. The van der Waals surface area contributed by atoms with E-state index in [2.05, 4.69) is 10.4 Å². The Morgan fingerprint density at radius 3 is 2.71 bits per heavy atom. The highest BCUT2D eigenvalue weighted by Crippen LogP contribution is 2.31. The molecule has 0 saturated heterocycles. The molecular weight excluding hydrogens is 401 g/mol. The van der Waals surface area contributed by atoms with Gasteiger partial charge in [0.2, 0.25) is 5.91 Å². The minimum Gasteiger partial charge on any atom is -0.486 e. The van der Waals surface area contributed by atoms with Crippen LogP contribution in [0.1, 0.15) is 11.1 Å². The van der Waals surface area contributed by atoms with Crippen molar-refractivity contribution in [2.75, 3.05) is 18.5 Å². The maximum atomic E-state index is 12.5. The average Bonchev–Trinajstić information content (AvgIpc) is 3.10. The van der Waals surface area contributed by atoms with Crippen LogP contribution in [0.5, 0.6) is 11.5 Å². The fourth-order valence-corrected chi connectivity index (χ4v) is 3.41. The lowest BCUT2D eigenvalue weighted by molar-refractivity contribution is -0.115. The maximum absolute atomic E-state index is 12.5. The number of aromatic nitrogens is 2. The molecule has 0 bridgehead atoms. The summed E-state index contributed by atoms with van der Waals surface area (Å²) in [4.78, 5) is 12.5. The highest BCUT2D eigenvalue weighted by molar-refractivity contribution is 6.35. The number of anilines is 1. The van der Waals surface area contributed by atoms with E-state index in [-0.39, 0.29) is 12.3 Å². The second kappa shape index (κ2) is 8.12. The minimum atomic E-state index is -0.152. The molecule has 0 spiro atoms. The summed E-state index contributed by atoms with van der Waals surface area (Å²) < 4.78 is 12.7. The Bertz CT molecular complexity index is 1020. The van der Waals surface area contributed by atoms with Crippen LogP contribution in [0.4, 0.5) is 5.82 Å². The predicted molar refractivity (Wildman–Crippen MR) is 108 cm³/mol. The first-order chi connectivity index (χ1) is 13.6. The van der Waals surface area contributed by atoms with Gasteiger partial charge in [0.25, 0.3) is 0 Å². The van der Waals surface area contributed by atoms with Crippen LogP contribution in [-0.2, 0) is 17.8 Å². The number of hydrogen-bond donors (Lipinski definition) is 1. The number of rotatable bonds is 5. The summed E-state index contributed by atoms with van der Waals surface area (Å²) in [5.41, 5.74) is 1.70. The molecule has 1 aliphatic rings. The summed E-state index contributed by atoms with van der Waals surface area (Å²) in [6.07, 6.45) is 1.84. The largest absolute Gasteiger partial charge is 0.486 e. The average molecular weight is 418 g/mol. The smallest absolute Gasteiger partial charge is 0.229 e. The number of nitrogens with zero attached hydrogens (tertiary/aromatic N) is 2. The lowest BCUT2D eigenvalue weighted by Gasteiger charge is -2.18. The SMILES string of the molecule is O=C(Cc1ccc2c(c1)OCCO2)Nc1ccnn1Cc1ccc(Cl)cc1Cl. The van der Waals surface area contributed by atoms with E-state index in [1.807, 2.05) is 24.3 Å². The molecule has 1 amide bonds. The zero-order valence-corrected chi connectivity index (χ0v) is 16.3. The molecule has 1 aromatic heterocycles. The molecule has 0 atom stereocenters. The van der Waals surface area contributed by atoms with Crippen LogP contribution >= 0.6 is 23.2 Å². The number of benzene rings is 2. The number of hydrogen-bond acceptors (Lipinski definition) is 4. The monoisotopic (exact) mass is 417 g/mol. The fraction of sp³-hybridized carbons (Fsp3) is 0.200. The second-order valence-electron chi connectivity index (χ2n) is 6.31. The molecule has 6 nitrogen and oxygen atoms in total. The zero-order valence-electron chi connectivity index (χ0n) is 14.8. The highest BCUT2D eigenvalue weighted by atomic mass is 35.5. The van der Waals surface area contributed by atoms with Gasteiger partial charge in [-0.2, -0.15) is 5.10 Å². The van der Waals surface area contributed by atoms with Crippen LogP contribution in [0, 0.1) is 0 Å².